The van der Waals surface area contributed by atoms with Crippen LogP contribution in [0.1, 0.15) is 60.8 Å². The molecule has 0 aromatic carbocycles. The molecule has 1 saturated carbocycles. The second-order valence-electron chi connectivity index (χ2n) is 8.33. The molecule has 2 aromatic heterocycles. The topological polar surface area (TPSA) is 56.0 Å². The molecule has 1 aliphatic heterocycles. The van der Waals surface area contributed by atoms with E-state index in [4.69, 9.17) is 0 Å². The molecule has 1 amide bonds. The minimum atomic E-state index is 0.266. The van der Waals surface area contributed by atoms with E-state index in [-0.39, 0.29) is 5.91 Å². The number of amides is 1. The lowest BCUT2D eigenvalue weighted by Gasteiger charge is -2.33. The molecule has 3 heterocycles. The number of rotatable bonds is 6. The fourth-order valence-corrected chi connectivity index (χ4v) is 4.40. The summed E-state index contributed by atoms with van der Waals surface area (Å²) < 4.78 is 4.24. The molecular weight excluding hydrogens is 338 g/mol. The van der Waals surface area contributed by atoms with Crippen molar-refractivity contribution in [2.45, 2.75) is 64.8 Å². The Balaban J connectivity index is 1.37. The lowest BCUT2D eigenvalue weighted by molar-refractivity contribution is -0.132. The molecule has 0 bridgehead atoms. The molecule has 6 heteroatoms. The first-order chi connectivity index (χ1) is 13.0. The third-order valence-electron chi connectivity index (χ3n) is 6.29. The Bertz CT molecular complexity index is 817. The van der Waals surface area contributed by atoms with Gasteiger partial charge in [-0.2, -0.15) is 5.10 Å². The van der Waals surface area contributed by atoms with Crippen molar-refractivity contribution in [2.75, 3.05) is 13.1 Å². The van der Waals surface area contributed by atoms with Crippen LogP contribution in [0.4, 0.5) is 0 Å². The average Bonchev–Trinajstić information content (AvgIpc) is 3.29. The minimum Gasteiger partial charge on any atom is -0.342 e. The SMILES string of the molecule is Cc1nn(C)c(C)c1CCC(=O)N1CCCC(c2nccn2CC2CC2)C1. The molecule has 0 N–H and O–H groups in total. The van der Waals surface area contributed by atoms with Crippen LogP contribution < -0.4 is 0 Å². The Morgan fingerprint density at radius 3 is 2.78 bits per heavy atom. The van der Waals surface area contributed by atoms with Crippen molar-refractivity contribution in [3.8, 4) is 0 Å². The first kappa shape index (κ1) is 18.3. The highest BCUT2D eigenvalue weighted by atomic mass is 16.2. The van der Waals surface area contributed by atoms with E-state index in [1.807, 2.05) is 24.9 Å². The number of carbonyl (C=O) groups is 1. The van der Waals surface area contributed by atoms with E-state index < -0.39 is 0 Å². The molecule has 0 radical (unpaired) electrons. The zero-order valence-electron chi connectivity index (χ0n) is 16.8. The smallest absolute Gasteiger partial charge is 0.222 e. The van der Waals surface area contributed by atoms with Gasteiger partial charge in [-0.25, -0.2) is 4.98 Å². The lowest BCUT2D eigenvalue weighted by atomic mass is 9.96. The number of nitrogens with zero attached hydrogens (tertiary/aromatic N) is 5. The van der Waals surface area contributed by atoms with Crippen molar-refractivity contribution in [1.82, 2.24) is 24.2 Å². The minimum absolute atomic E-state index is 0.266. The van der Waals surface area contributed by atoms with Crippen LogP contribution in [0.3, 0.4) is 0 Å². The Morgan fingerprint density at radius 2 is 2.07 bits per heavy atom. The van der Waals surface area contributed by atoms with Crippen molar-refractivity contribution in [3.05, 3.63) is 35.2 Å². The van der Waals surface area contributed by atoms with Crippen molar-refractivity contribution < 1.29 is 4.79 Å². The maximum absolute atomic E-state index is 12.9. The predicted octanol–water partition coefficient (Wildman–Crippen LogP) is 2.98. The van der Waals surface area contributed by atoms with E-state index in [0.717, 1.165) is 50.5 Å². The molecule has 6 nitrogen and oxygen atoms in total. The van der Waals surface area contributed by atoms with Gasteiger partial charge in [0.05, 0.1) is 5.69 Å². The monoisotopic (exact) mass is 369 g/mol. The summed E-state index contributed by atoms with van der Waals surface area (Å²) in [5, 5.41) is 4.47. The number of likely N-dealkylation sites (tertiary alicyclic amines) is 1. The summed E-state index contributed by atoms with van der Waals surface area (Å²) in [5.74, 6) is 2.66. The molecule has 27 heavy (non-hydrogen) atoms. The van der Waals surface area contributed by atoms with Crippen molar-refractivity contribution in [3.63, 3.8) is 0 Å². The number of imidazole rings is 1. The van der Waals surface area contributed by atoms with Gasteiger partial charge in [0, 0.05) is 57.1 Å². The molecule has 1 saturated heterocycles. The molecule has 4 rings (SSSR count). The van der Waals surface area contributed by atoms with E-state index in [2.05, 4.69) is 32.7 Å². The maximum atomic E-state index is 12.9. The second-order valence-corrected chi connectivity index (χ2v) is 8.33. The fourth-order valence-electron chi connectivity index (χ4n) is 4.40. The van der Waals surface area contributed by atoms with E-state index in [1.54, 1.807) is 0 Å². The van der Waals surface area contributed by atoms with Gasteiger partial charge in [0.1, 0.15) is 5.82 Å². The van der Waals surface area contributed by atoms with Gasteiger partial charge in [-0.3, -0.25) is 9.48 Å². The Kier molecular flexibility index (Phi) is 5.06. The summed E-state index contributed by atoms with van der Waals surface area (Å²) in [6.07, 6.45) is 10.3. The standard InChI is InChI=1S/C21H31N5O/c1-15-19(16(2)24(3)23-15)8-9-20(27)25-11-4-5-18(14-25)21-22-10-12-26(21)13-17-6-7-17/h10,12,17-18H,4-9,11,13-14H2,1-3H3. The van der Waals surface area contributed by atoms with Crippen LogP contribution in [0, 0.1) is 19.8 Å². The number of aryl methyl sites for hydroxylation is 2. The van der Waals surface area contributed by atoms with Gasteiger partial charge in [0.25, 0.3) is 0 Å². The van der Waals surface area contributed by atoms with Crippen LogP contribution in [0.25, 0.3) is 0 Å². The Hall–Kier alpha value is -2.11. The molecule has 1 aliphatic carbocycles. The summed E-state index contributed by atoms with van der Waals surface area (Å²) in [4.78, 5) is 19.6. The normalized spacial score (nSPS) is 20.3. The summed E-state index contributed by atoms with van der Waals surface area (Å²) in [6.45, 7) is 6.90. The molecule has 2 aliphatic rings. The van der Waals surface area contributed by atoms with Gasteiger partial charge >= 0.3 is 0 Å². The summed E-state index contributed by atoms with van der Waals surface area (Å²) in [6, 6.07) is 0. The molecule has 2 aromatic rings. The number of hydrogen-bond donors (Lipinski definition) is 0. The van der Waals surface area contributed by atoms with Crippen LogP contribution in [0.15, 0.2) is 12.4 Å². The van der Waals surface area contributed by atoms with E-state index in [1.165, 1.54) is 29.9 Å². The van der Waals surface area contributed by atoms with Gasteiger partial charge in [0.2, 0.25) is 5.91 Å². The van der Waals surface area contributed by atoms with Crippen molar-refractivity contribution >= 4 is 5.91 Å². The van der Waals surface area contributed by atoms with Crippen LogP contribution in [-0.4, -0.2) is 43.2 Å². The van der Waals surface area contributed by atoms with E-state index in [9.17, 15) is 4.79 Å². The van der Waals surface area contributed by atoms with Crippen LogP contribution >= 0.6 is 0 Å². The third-order valence-corrected chi connectivity index (χ3v) is 6.29. The number of aromatic nitrogens is 4. The molecule has 146 valence electrons. The van der Waals surface area contributed by atoms with Gasteiger partial charge in [-0.1, -0.05) is 0 Å². The zero-order valence-corrected chi connectivity index (χ0v) is 16.8. The van der Waals surface area contributed by atoms with E-state index >= 15 is 0 Å². The first-order valence-electron chi connectivity index (χ1n) is 10.3. The largest absolute Gasteiger partial charge is 0.342 e. The van der Waals surface area contributed by atoms with E-state index in [0.29, 0.717) is 12.3 Å². The predicted molar refractivity (Wildman–Crippen MR) is 105 cm³/mol. The fraction of sp³-hybridized carbons (Fsp3) is 0.667. The number of piperidine rings is 1. The quantitative estimate of drug-likeness (QED) is 0.787. The molecule has 1 atom stereocenters. The van der Waals surface area contributed by atoms with Crippen molar-refractivity contribution in [2.24, 2.45) is 13.0 Å². The van der Waals surface area contributed by atoms with Gasteiger partial charge < -0.3 is 9.47 Å². The van der Waals surface area contributed by atoms with Gasteiger partial charge in [0.15, 0.2) is 0 Å². The Morgan fingerprint density at radius 1 is 1.26 bits per heavy atom. The van der Waals surface area contributed by atoms with Gasteiger partial charge in [-0.05, 0) is 57.4 Å². The zero-order chi connectivity index (χ0) is 19.0. The highest BCUT2D eigenvalue weighted by molar-refractivity contribution is 5.76. The van der Waals surface area contributed by atoms with Crippen LogP contribution in [0.2, 0.25) is 0 Å². The third kappa shape index (κ3) is 3.94. The maximum Gasteiger partial charge on any atom is 0.222 e. The van der Waals surface area contributed by atoms with Gasteiger partial charge in [-0.15, -0.1) is 0 Å². The second kappa shape index (κ2) is 7.49. The lowest BCUT2D eigenvalue weighted by Crippen LogP contribution is -2.40. The molecule has 0 spiro atoms. The average molecular weight is 370 g/mol. The highest BCUT2D eigenvalue weighted by Gasteiger charge is 2.29. The first-order valence-corrected chi connectivity index (χ1v) is 10.3. The molecule has 1 unspecified atom stereocenters. The van der Waals surface area contributed by atoms with Crippen LogP contribution in [-0.2, 0) is 24.8 Å². The summed E-state index contributed by atoms with van der Waals surface area (Å²) in [7, 11) is 1.96. The highest BCUT2D eigenvalue weighted by Crippen LogP contribution is 2.33. The number of carbonyl (C=O) groups excluding carboxylic acids is 1. The Labute approximate surface area is 161 Å². The van der Waals surface area contributed by atoms with Crippen molar-refractivity contribution in [1.29, 1.82) is 0 Å². The van der Waals surface area contributed by atoms with Crippen LogP contribution in [0.5, 0.6) is 0 Å². The summed E-state index contributed by atoms with van der Waals surface area (Å²) >= 11 is 0. The number of hydrogen-bond acceptors (Lipinski definition) is 3. The summed E-state index contributed by atoms with van der Waals surface area (Å²) in [5.41, 5.74) is 3.43. The molecular formula is C21H31N5O. The molecule has 2 fully saturated rings.